The van der Waals surface area contributed by atoms with Crippen LogP contribution in [0.4, 0.5) is 0 Å². The number of aliphatic hydroxyl groups is 1. The fraction of sp³-hybridized carbons (Fsp3) is 0.429. The zero-order chi connectivity index (χ0) is 7.33. The predicted molar refractivity (Wildman–Crippen MR) is 39.1 cm³/mol. The van der Waals surface area contributed by atoms with Gasteiger partial charge >= 0.3 is 0 Å². The van der Waals surface area contributed by atoms with Crippen molar-refractivity contribution >= 4 is 11.6 Å². The standard InChI is InChI=1S/C7H9ClO/c1-7(2,9)5-3-4-6-8/h4,6,9H,1-2H3. The van der Waals surface area contributed by atoms with Gasteiger partial charge in [0.15, 0.2) is 0 Å². The van der Waals surface area contributed by atoms with Crippen molar-refractivity contribution in [3.63, 3.8) is 0 Å². The first-order chi connectivity index (χ1) is 4.06. The number of halogens is 1. The van der Waals surface area contributed by atoms with Crippen molar-refractivity contribution in [2.24, 2.45) is 0 Å². The topological polar surface area (TPSA) is 20.2 Å². The van der Waals surface area contributed by atoms with Crippen LogP contribution >= 0.6 is 11.6 Å². The molecule has 2 heteroatoms. The van der Waals surface area contributed by atoms with Gasteiger partial charge in [0.25, 0.3) is 0 Å². The summed E-state index contributed by atoms with van der Waals surface area (Å²) in [6.45, 7) is 3.23. The van der Waals surface area contributed by atoms with Crippen LogP contribution in [0.3, 0.4) is 0 Å². The van der Waals surface area contributed by atoms with E-state index in [-0.39, 0.29) is 0 Å². The SMILES string of the molecule is CC(C)(O)C#CC=CCl. The third kappa shape index (κ3) is 7.55. The van der Waals surface area contributed by atoms with Gasteiger partial charge in [-0.05, 0) is 19.9 Å². The summed E-state index contributed by atoms with van der Waals surface area (Å²) in [7, 11) is 0. The van der Waals surface area contributed by atoms with Crippen LogP contribution in [-0.2, 0) is 0 Å². The Labute approximate surface area is 60.3 Å². The van der Waals surface area contributed by atoms with Gasteiger partial charge in [0.05, 0.1) is 0 Å². The van der Waals surface area contributed by atoms with Crippen LogP contribution in [0.5, 0.6) is 0 Å². The van der Waals surface area contributed by atoms with E-state index in [4.69, 9.17) is 16.7 Å². The van der Waals surface area contributed by atoms with Crippen LogP contribution < -0.4 is 0 Å². The normalized spacial score (nSPS) is 11.1. The minimum absolute atomic E-state index is 0.920. The van der Waals surface area contributed by atoms with Crippen molar-refractivity contribution in [2.75, 3.05) is 0 Å². The molecule has 0 spiro atoms. The minimum atomic E-state index is -0.920. The molecule has 0 saturated carbocycles. The lowest BCUT2D eigenvalue weighted by Crippen LogP contribution is -2.14. The molecule has 0 aromatic rings. The van der Waals surface area contributed by atoms with Gasteiger partial charge in [-0.2, -0.15) is 0 Å². The average molecular weight is 145 g/mol. The summed E-state index contributed by atoms with van der Waals surface area (Å²) in [5, 5.41) is 8.99. The van der Waals surface area contributed by atoms with Gasteiger partial charge in [-0.1, -0.05) is 23.4 Å². The molecule has 0 aliphatic heterocycles. The Morgan fingerprint density at radius 2 is 2.11 bits per heavy atom. The summed E-state index contributed by atoms with van der Waals surface area (Å²) >= 11 is 5.17. The zero-order valence-electron chi connectivity index (χ0n) is 5.48. The van der Waals surface area contributed by atoms with Crippen LogP contribution in [-0.4, -0.2) is 10.7 Å². The minimum Gasteiger partial charge on any atom is -0.378 e. The molecule has 1 N–H and O–H groups in total. The molecule has 0 amide bonds. The summed E-state index contributed by atoms with van der Waals surface area (Å²) in [4.78, 5) is 0. The second-order valence-electron chi connectivity index (χ2n) is 2.12. The fourth-order valence-corrected chi connectivity index (χ4v) is 0.313. The molecule has 9 heavy (non-hydrogen) atoms. The van der Waals surface area contributed by atoms with E-state index in [1.54, 1.807) is 13.8 Å². The molecule has 0 aliphatic rings. The van der Waals surface area contributed by atoms with E-state index in [0.717, 1.165) is 0 Å². The monoisotopic (exact) mass is 144 g/mol. The highest BCUT2D eigenvalue weighted by Gasteiger charge is 2.04. The summed E-state index contributed by atoms with van der Waals surface area (Å²) in [5.74, 6) is 5.12. The Balaban J connectivity index is 3.88. The Bertz CT molecular complexity index is 154. The van der Waals surface area contributed by atoms with Gasteiger partial charge in [-0.25, -0.2) is 0 Å². The molecule has 1 nitrogen and oxygen atoms in total. The van der Waals surface area contributed by atoms with E-state index in [9.17, 15) is 0 Å². The van der Waals surface area contributed by atoms with Gasteiger partial charge in [-0.15, -0.1) is 0 Å². The Kier molecular flexibility index (Phi) is 3.37. The van der Waals surface area contributed by atoms with Crippen molar-refractivity contribution in [1.29, 1.82) is 0 Å². The number of hydrogen-bond donors (Lipinski definition) is 1. The third-order valence-corrected chi connectivity index (χ3v) is 0.650. The maximum atomic E-state index is 8.99. The quantitative estimate of drug-likeness (QED) is 0.511. The first kappa shape index (κ1) is 8.55. The molecular formula is C7H9ClO. The highest BCUT2D eigenvalue weighted by atomic mass is 35.5. The molecule has 0 rings (SSSR count). The first-order valence-electron chi connectivity index (χ1n) is 2.56. The van der Waals surface area contributed by atoms with Crippen LogP contribution in [0, 0.1) is 11.8 Å². The summed E-state index contributed by atoms with van der Waals surface area (Å²) in [6.07, 6.45) is 1.47. The van der Waals surface area contributed by atoms with E-state index in [1.807, 2.05) is 0 Å². The van der Waals surface area contributed by atoms with E-state index >= 15 is 0 Å². The smallest absolute Gasteiger partial charge is 0.120 e. The molecule has 0 aromatic heterocycles. The van der Waals surface area contributed by atoms with E-state index in [0.29, 0.717) is 0 Å². The summed E-state index contributed by atoms with van der Waals surface area (Å²) < 4.78 is 0. The molecule has 0 saturated heterocycles. The lowest BCUT2D eigenvalue weighted by molar-refractivity contribution is 0.143. The van der Waals surface area contributed by atoms with Crippen molar-refractivity contribution in [2.45, 2.75) is 19.4 Å². The second-order valence-corrected chi connectivity index (χ2v) is 2.37. The van der Waals surface area contributed by atoms with Gasteiger partial charge in [-0.3, -0.25) is 0 Å². The molecule has 0 bridgehead atoms. The van der Waals surface area contributed by atoms with E-state index in [1.165, 1.54) is 11.6 Å². The van der Waals surface area contributed by atoms with Crippen LogP contribution in [0.2, 0.25) is 0 Å². The van der Waals surface area contributed by atoms with Crippen LogP contribution in [0.15, 0.2) is 11.6 Å². The zero-order valence-corrected chi connectivity index (χ0v) is 6.24. The second kappa shape index (κ2) is 3.55. The van der Waals surface area contributed by atoms with Crippen molar-refractivity contribution < 1.29 is 5.11 Å². The maximum absolute atomic E-state index is 8.99. The predicted octanol–water partition coefficient (Wildman–Crippen LogP) is 1.51. The molecule has 50 valence electrons. The molecule has 0 aliphatic carbocycles. The molecule has 0 radical (unpaired) electrons. The molecule has 0 aromatic carbocycles. The van der Waals surface area contributed by atoms with Crippen LogP contribution in [0.25, 0.3) is 0 Å². The van der Waals surface area contributed by atoms with Gasteiger partial charge in [0, 0.05) is 5.54 Å². The highest BCUT2D eigenvalue weighted by molar-refractivity contribution is 6.25. The first-order valence-corrected chi connectivity index (χ1v) is 3.00. The average Bonchev–Trinajstić information content (AvgIpc) is 1.63. The fourth-order valence-electron chi connectivity index (χ4n) is 0.250. The van der Waals surface area contributed by atoms with Crippen LogP contribution in [0.1, 0.15) is 13.8 Å². The molecular weight excluding hydrogens is 136 g/mol. The Morgan fingerprint density at radius 1 is 1.56 bits per heavy atom. The largest absolute Gasteiger partial charge is 0.378 e. The summed E-state index contributed by atoms with van der Waals surface area (Å²) in [5.41, 5.74) is 0.384. The molecule has 0 atom stereocenters. The lowest BCUT2D eigenvalue weighted by Gasteiger charge is -2.04. The molecule has 0 unspecified atom stereocenters. The highest BCUT2D eigenvalue weighted by Crippen LogP contribution is 1.95. The Hall–Kier alpha value is -0.450. The third-order valence-electron chi connectivity index (χ3n) is 0.524. The van der Waals surface area contributed by atoms with Gasteiger partial charge < -0.3 is 5.11 Å². The number of allylic oxidation sites excluding steroid dienone is 1. The molecule has 0 fully saturated rings. The molecule has 0 heterocycles. The van der Waals surface area contributed by atoms with E-state index < -0.39 is 5.60 Å². The maximum Gasteiger partial charge on any atom is 0.120 e. The lowest BCUT2D eigenvalue weighted by atomic mass is 10.1. The van der Waals surface area contributed by atoms with Gasteiger partial charge in [0.1, 0.15) is 5.60 Å². The number of rotatable bonds is 0. The van der Waals surface area contributed by atoms with Crippen molar-refractivity contribution in [1.82, 2.24) is 0 Å². The van der Waals surface area contributed by atoms with Gasteiger partial charge in [0.2, 0.25) is 0 Å². The summed E-state index contributed by atoms with van der Waals surface area (Å²) in [6, 6.07) is 0. The van der Waals surface area contributed by atoms with Crippen molar-refractivity contribution in [3.8, 4) is 11.8 Å². The van der Waals surface area contributed by atoms with Crippen molar-refractivity contribution in [3.05, 3.63) is 11.6 Å². The number of hydrogen-bond acceptors (Lipinski definition) is 1. The Morgan fingerprint density at radius 3 is 2.44 bits per heavy atom. The van der Waals surface area contributed by atoms with E-state index in [2.05, 4.69) is 11.8 Å².